The first-order valence-electron chi connectivity index (χ1n) is 8.06. The van der Waals surface area contributed by atoms with E-state index in [1.165, 1.54) is 24.0 Å². The SMILES string of the molecule is C=CC1=C(C(=O)O)N2C(=O)[C@@H](NC(=O)/C(=N\OC(C)=O)c3cnc(N)s3)C2SC1. The third kappa shape index (κ3) is 3.86. The largest absolute Gasteiger partial charge is 0.477 e. The zero-order valence-corrected chi connectivity index (χ0v) is 16.6. The third-order valence-corrected chi connectivity index (χ3v) is 6.11. The van der Waals surface area contributed by atoms with Crippen molar-refractivity contribution in [1.29, 1.82) is 0 Å². The molecule has 1 fully saturated rings. The lowest BCUT2D eigenvalue weighted by atomic mass is 10.0. The van der Waals surface area contributed by atoms with E-state index in [4.69, 9.17) is 5.73 Å². The molecule has 2 atom stereocenters. The van der Waals surface area contributed by atoms with Crippen LogP contribution in [0.1, 0.15) is 11.8 Å². The summed E-state index contributed by atoms with van der Waals surface area (Å²) >= 11 is 2.24. The van der Waals surface area contributed by atoms with Crippen LogP contribution in [-0.2, 0) is 24.0 Å². The number of allylic oxidation sites excluding steroid dienone is 1. The lowest BCUT2D eigenvalue weighted by Crippen LogP contribution is -2.71. The Hall–Kier alpha value is -3.19. The normalized spacial score (nSPS) is 21.2. The number of thiazole rings is 1. The second-order valence-electron chi connectivity index (χ2n) is 5.83. The van der Waals surface area contributed by atoms with Gasteiger partial charge in [-0.2, -0.15) is 0 Å². The predicted molar refractivity (Wildman–Crippen MR) is 105 cm³/mol. The monoisotopic (exact) mass is 437 g/mol. The highest BCUT2D eigenvalue weighted by Gasteiger charge is 2.54. The summed E-state index contributed by atoms with van der Waals surface area (Å²) in [5, 5.41) is 15.1. The number of nitrogen functional groups attached to an aromatic ring is 1. The van der Waals surface area contributed by atoms with Gasteiger partial charge in [0.25, 0.3) is 11.8 Å². The number of β-lactam (4-membered cyclic amide) rings is 1. The van der Waals surface area contributed by atoms with Gasteiger partial charge in [0.2, 0.25) is 0 Å². The van der Waals surface area contributed by atoms with Gasteiger partial charge in [-0.1, -0.05) is 29.1 Å². The second-order valence-corrected chi connectivity index (χ2v) is 8.00. The third-order valence-electron chi connectivity index (χ3n) is 3.97. The van der Waals surface area contributed by atoms with E-state index in [1.54, 1.807) is 0 Å². The van der Waals surface area contributed by atoms with Crippen molar-refractivity contribution >= 4 is 57.7 Å². The van der Waals surface area contributed by atoms with E-state index in [2.05, 4.69) is 26.9 Å². The molecule has 1 aromatic rings. The van der Waals surface area contributed by atoms with Crippen molar-refractivity contribution in [2.75, 3.05) is 11.5 Å². The summed E-state index contributed by atoms with van der Waals surface area (Å²) in [6, 6.07) is -0.971. The minimum atomic E-state index is -1.25. The number of anilines is 1. The molecule has 0 aliphatic carbocycles. The van der Waals surface area contributed by atoms with Gasteiger partial charge in [0.15, 0.2) is 10.8 Å². The fourth-order valence-electron chi connectivity index (χ4n) is 2.71. The lowest BCUT2D eigenvalue weighted by molar-refractivity contribution is -0.150. The molecule has 1 unspecified atom stereocenters. The van der Waals surface area contributed by atoms with E-state index in [1.807, 2.05) is 0 Å². The Morgan fingerprint density at radius 1 is 1.52 bits per heavy atom. The number of fused-ring (bicyclic) bond motifs is 1. The Labute approximate surface area is 172 Å². The van der Waals surface area contributed by atoms with Gasteiger partial charge in [0.05, 0.1) is 4.88 Å². The summed E-state index contributed by atoms with van der Waals surface area (Å²) in [6.45, 7) is 4.69. The number of carboxylic acids is 1. The smallest absolute Gasteiger partial charge is 0.352 e. The van der Waals surface area contributed by atoms with Crippen molar-refractivity contribution in [3.63, 3.8) is 0 Å². The molecule has 1 aromatic heterocycles. The zero-order chi connectivity index (χ0) is 21.3. The molecule has 0 saturated carbocycles. The highest BCUT2D eigenvalue weighted by molar-refractivity contribution is 8.00. The Balaban J connectivity index is 1.82. The molecule has 1 saturated heterocycles. The molecular weight excluding hydrogens is 422 g/mol. The maximum Gasteiger partial charge on any atom is 0.352 e. The van der Waals surface area contributed by atoms with Crippen molar-refractivity contribution in [2.45, 2.75) is 18.3 Å². The highest BCUT2D eigenvalue weighted by atomic mass is 32.2. The quantitative estimate of drug-likeness (QED) is 0.239. The average Bonchev–Trinajstić information content (AvgIpc) is 3.10. The molecule has 13 heteroatoms. The van der Waals surface area contributed by atoms with Crippen LogP contribution in [0.15, 0.2) is 35.3 Å². The molecule has 2 aliphatic rings. The summed E-state index contributed by atoms with van der Waals surface area (Å²) in [7, 11) is 0. The Bertz CT molecular complexity index is 984. The molecule has 0 bridgehead atoms. The molecule has 0 spiro atoms. The zero-order valence-electron chi connectivity index (χ0n) is 14.9. The number of carboxylic acid groups (broad SMARTS) is 1. The van der Waals surface area contributed by atoms with Gasteiger partial charge in [-0.05, 0) is 5.57 Å². The molecule has 2 amide bonds. The minimum Gasteiger partial charge on any atom is -0.477 e. The van der Waals surface area contributed by atoms with Crippen molar-refractivity contribution < 1.29 is 29.1 Å². The number of nitrogens with zero attached hydrogens (tertiary/aromatic N) is 3. The summed E-state index contributed by atoms with van der Waals surface area (Å²) in [5.41, 5.74) is 5.57. The summed E-state index contributed by atoms with van der Waals surface area (Å²) in [6.07, 6.45) is 2.68. The Kier molecular flexibility index (Phi) is 5.70. The topological polar surface area (TPSA) is 164 Å². The standard InChI is InChI=1S/C16H15N5O6S2/c1-3-7-5-28-14-10(13(24)21(14)11(7)15(25)26)19-12(23)9(20-27-6(2)22)8-4-18-16(17)29-8/h3-4,10,14H,1,5H2,2H3,(H2,17,18)(H,19,23)(H,25,26)/b20-9-/t10-,14?/m1/s1. The summed E-state index contributed by atoms with van der Waals surface area (Å²) in [5.74, 6) is -3.03. The van der Waals surface area contributed by atoms with E-state index >= 15 is 0 Å². The number of oxime groups is 1. The number of carbonyl (C=O) groups is 4. The number of nitrogens with two attached hydrogens (primary N) is 1. The van der Waals surface area contributed by atoms with E-state index in [0.717, 1.165) is 23.2 Å². The van der Waals surface area contributed by atoms with Gasteiger partial charge in [0.1, 0.15) is 17.1 Å². The van der Waals surface area contributed by atoms with Gasteiger partial charge in [0, 0.05) is 18.9 Å². The molecule has 4 N–H and O–H groups in total. The molecule has 29 heavy (non-hydrogen) atoms. The fourth-order valence-corrected chi connectivity index (χ4v) is 4.72. The summed E-state index contributed by atoms with van der Waals surface area (Å²) < 4.78 is 0. The van der Waals surface area contributed by atoms with Crippen LogP contribution in [0.5, 0.6) is 0 Å². The van der Waals surface area contributed by atoms with E-state index in [0.29, 0.717) is 11.3 Å². The molecule has 2 aliphatic heterocycles. The number of aromatic nitrogens is 1. The maximum atomic E-state index is 12.7. The van der Waals surface area contributed by atoms with Crippen molar-refractivity contribution in [3.8, 4) is 0 Å². The molecule has 0 aromatic carbocycles. The van der Waals surface area contributed by atoms with Crippen molar-refractivity contribution in [2.24, 2.45) is 5.16 Å². The molecule has 3 heterocycles. The fraction of sp³-hybridized carbons (Fsp3) is 0.250. The summed E-state index contributed by atoms with van der Waals surface area (Å²) in [4.78, 5) is 57.6. The first kappa shape index (κ1) is 20.5. The van der Waals surface area contributed by atoms with Crippen LogP contribution in [-0.4, -0.2) is 61.6 Å². The van der Waals surface area contributed by atoms with Crippen molar-refractivity contribution in [1.82, 2.24) is 15.2 Å². The van der Waals surface area contributed by atoms with Gasteiger partial charge in [-0.15, -0.1) is 11.8 Å². The van der Waals surface area contributed by atoms with Gasteiger partial charge in [-0.25, -0.2) is 14.6 Å². The molecule has 0 radical (unpaired) electrons. The van der Waals surface area contributed by atoms with Gasteiger partial charge >= 0.3 is 11.9 Å². The maximum absolute atomic E-state index is 12.7. The van der Waals surface area contributed by atoms with Crippen LogP contribution < -0.4 is 11.1 Å². The molecule has 11 nitrogen and oxygen atoms in total. The van der Waals surface area contributed by atoms with Crippen LogP contribution in [0.2, 0.25) is 0 Å². The van der Waals surface area contributed by atoms with Gasteiger partial charge in [-0.3, -0.25) is 14.5 Å². The van der Waals surface area contributed by atoms with Gasteiger partial charge < -0.3 is 21.0 Å². The van der Waals surface area contributed by atoms with Crippen LogP contribution in [0.3, 0.4) is 0 Å². The molecule has 3 rings (SSSR count). The number of hydrogen-bond acceptors (Lipinski definition) is 10. The number of rotatable bonds is 6. The molecule has 152 valence electrons. The second kappa shape index (κ2) is 8.05. The lowest BCUT2D eigenvalue weighted by Gasteiger charge is -2.49. The van der Waals surface area contributed by atoms with Crippen LogP contribution in [0.25, 0.3) is 0 Å². The van der Waals surface area contributed by atoms with Crippen LogP contribution in [0.4, 0.5) is 5.13 Å². The van der Waals surface area contributed by atoms with Crippen molar-refractivity contribution in [3.05, 3.63) is 35.0 Å². The Morgan fingerprint density at radius 3 is 2.79 bits per heavy atom. The first-order valence-corrected chi connectivity index (χ1v) is 9.92. The minimum absolute atomic E-state index is 0.150. The number of nitrogens with one attached hydrogen (secondary N) is 1. The number of hydrogen-bond donors (Lipinski definition) is 3. The van der Waals surface area contributed by atoms with Crippen LogP contribution in [0, 0.1) is 0 Å². The first-order chi connectivity index (χ1) is 13.7. The number of amides is 2. The number of aliphatic carboxylic acids is 1. The highest BCUT2D eigenvalue weighted by Crippen LogP contribution is 2.40. The Morgan fingerprint density at radius 2 is 2.24 bits per heavy atom. The average molecular weight is 437 g/mol. The molecular formula is C16H15N5O6S2. The number of carbonyl (C=O) groups excluding carboxylic acids is 3. The number of thioether (sulfide) groups is 1. The van der Waals surface area contributed by atoms with E-state index in [-0.39, 0.29) is 21.4 Å². The predicted octanol–water partition coefficient (Wildman–Crippen LogP) is -0.0829. The van der Waals surface area contributed by atoms with E-state index < -0.39 is 35.2 Å². The van der Waals surface area contributed by atoms with Crippen LogP contribution >= 0.6 is 23.1 Å². The van der Waals surface area contributed by atoms with E-state index in [9.17, 15) is 24.3 Å².